The van der Waals surface area contributed by atoms with E-state index in [4.69, 9.17) is 0 Å². The lowest BCUT2D eigenvalue weighted by atomic mass is 10.0. The molecule has 1 heteroatoms. The van der Waals surface area contributed by atoms with Crippen molar-refractivity contribution in [3.8, 4) is 0 Å². The smallest absolute Gasteiger partial charge is 0.133 e. The maximum Gasteiger partial charge on any atom is 0.133 e. The summed E-state index contributed by atoms with van der Waals surface area (Å²) in [6.07, 6.45) is 4.17. The van der Waals surface area contributed by atoms with Crippen molar-refractivity contribution >= 4 is 5.78 Å². The molecule has 0 amide bonds. The second-order valence-electron chi connectivity index (χ2n) is 5.86. The number of carbonyl (C=O) groups excluding carboxylic acids is 1. The van der Waals surface area contributed by atoms with Gasteiger partial charge in [-0.2, -0.15) is 0 Å². The maximum absolute atomic E-state index is 11.9. The molecule has 0 aliphatic carbocycles. The fourth-order valence-corrected chi connectivity index (χ4v) is 2.41. The van der Waals surface area contributed by atoms with E-state index in [2.05, 4.69) is 62.4 Å². The number of Topliss-reactive ketones (excluding diaryl/α,β-unsaturated/α-hetero) is 1. The molecule has 0 aromatic heterocycles. The molecule has 0 bridgehead atoms. The molecule has 0 saturated heterocycles. The number of rotatable bonds is 7. The number of ketones is 1. The maximum atomic E-state index is 11.9. The SMILES string of the molecule is Cc1ccc(CCCC(=O)CCc2ccc(C)cc2)cc1. The Balaban J connectivity index is 1.67. The van der Waals surface area contributed by atoms with Crippen LogP contribution in [0.2, 0.25) is 0 Å². The number of hydrogen-bond donors (Lipinski definition) is 0. The Labute approximate surface area is 128 Å². The van der Waals surface area contributed by atoms with Gasteiger partial charge in [0.15, 0.2) is 0 Å². The number of benzene rings is 2. The zero-order valence-corrected chi connectivity index (χ0v) is 13.1. The standard InChI is InChI=1S/C20H24O/c1-16-6-10-18(11-7-16)4-3-5-20(21)15-14-19-12-8-17(2)9-13-19/h6-13H,3-5,14-15H2,1-2H3. The van der Waals surface area contributed by atoms with Gasteiger partial charge in [0, 0.05) is 12.8 Å². The first-order valence-corrected chi connectivity index (χ1v) is 7.76. The zero-order valence-electron chi connectivity index (χ0n) is 13.1. The lowest BCUT2D eigenvalue weighted by molar-refractivity contribution is -0.119. The van der Waals surface area contributed by atoms with E-state index in [1.165, 1.54) is 22.3 Å². The highest BCUT2D eigenvalue weighted by Gasteiger charge is 2.03. The summed E-state index contributed by atoms with van der Waals surface area (Å²) in [6.45, 7) is 4.18. The van der Waals surface area contributed by atoms with E-state index < -0.39 is 0 Å². The monoisotopic (exact) mass is 280 g/mol. The van der Waals surface area contributed by atoms with Gasteiger partial charge in [-0.05, 0) is 44.2 Å². The van der Waals surface area contributed by atoms with Crippen LogP contribution in [0.25, 0.3) is 0 Å². The van der Waals surface area contributed by atoms with Gasteiger partial charge in [0.25, 0.3) is 0 Å². The van der Waals surface area contributed by atoms with Crippen LogP contribution in [0.15, 0.2) is 48.5 Å². The zero-order chi connectivity index (χ0) is 15.1. The molecule has 2 aromatic rings. The van der Waals surface area contributed by atoms with E-state index in [0.29, 0.717) is 18.6 Å². The van der Waals surface area contributed by atoms with Gasteiger partial charge in [0.2, 0.25) is 0 Å². The first-order valence-electron chi connectivity index (χ1n) is 7.76. The summed E-state index contributed by atoms with van der Waals surface area (Å²) in [6, 6.07) is 17.0. The molecule has 0 unspecified atom stereocenters. The first-order chi connectivity index (χ1) is 10.1. The van der Waals surface area contributed by atoms with Gasteiger partial charge < -0.3 is 0 Å². The molecule has 0 radical (unpaired) electrons. The van der Waals surface area contributed by atoms with Crippen molar-refractivity contribution in [3.05, 3.63) is 70.8 Å². The molecule has 0 spiro atoms. The van der Waals surface area contributed by atoms with E-state index in [0.717, 1.165) is 19.3 Å². The summed E-state index contributed by atoms with van der Waals surface area (Å²) < 4.78 is 0. The minimum atomic E-state index is 0.377. The van der Waals surface area contributed by atoms with Crippen molar-refractivity contribution in [1.29, 1.82) is 0 Å². The molecule has 0 atom stereocenters. The molecular weight excluding hydrogens is 256 g/mol. The van der Waals surface area contributed by atoms with E-state index >= 15 is 0 Å². The highest BCUT2D eigenvalue weighted by Crippen LogP contribution is 2.10. The topological polar surface area (TPSA) is 17.1 Å². The van der Waals surface area contributed by atoms with Crippen LogP contribution in [0.5, 0.6) is 0 Å². The minimum absolute atomic E-state index is 0.377. The van der Waals surface area contributed by atoms with Crippen LogP contribution in [0.3, 0.4) is 0 Å². The third kappa shape index (κ3) is 5.55. The predicted octanol–water partition coefficient (Wildman–Crippen LogP) is 4.83. The fourth-order valence-electron chi connectivity index (χ4n) is 2.41. The van der Waals surface area contributed by atoms with E-state index in [9.17, 15) is 4.79 Å². The Morgan fingerprint density at radius 3 is 1.71 bits per heavy atom. The Bertz CT molecular complexity index is 564. The van der Waals surface area contributed by atoms with Crippen LogP contribution in [0, 0.1) is 13.8 Å². The minimum Gasteiger partial charge on any atom is -0.300 e. The van der Waals surface area contributed by atoms with Crippen molar-refractivity contribution in [2.45, 2.75) is 46.0 Å². The third-order valence-electron chi connectivity index (χ3n) is 3.85. The number of carbonyl (C=O) groups is 1. The van der Waals surface area contributed by atoms with Crippen LogP contribution in [-0.4, -0.2) is 5.78 Å². The van der Waals surface area contributed by atoms with Crippen LogP contribution in [-0.2, 0) is 17.6 Å². The molecule has 0 aliphatic rings. The van der Waals surface area contributed by atoms with Crippen LogP contribution >= 0.6 is 0 Å². The number of aryl methyl sites for hydroxylation is 4. The van der Waals surface area contributed by atoms with Gasteiger partial charge in [-0.3, -0.25) is 4.79 Å². The molecule has 2 rings (SSSR count). The summed E-state index contributed by atoms with van der Waals surface area (Å²) in [5.74, 6) is 0.377. The molecule has 1 nitrogen and oxygen atoms in total. The van der Waals surface area contributed by atoms with E-state index in [1.54, 1.807) is 0 Å². The number of hydrogen-bond acceptors (Lipinski definition) is 1. The van der Waals surface area contributed by atoms with Crippen molar-refractivity contribution in [3.63, 3.8) is 0 Å². The predicted molar refractivity (Wildman–Crippen MR) is 88.6 cm³/mol. The summed E-state index contributed by atoms with van der Waals surface area (Å²) >= 11 is 0. The highest BCUT2D eigenvalue weighted by atomic mass is 16.1. The first kappa shape index (κ1) is 15.5. The quantitative estimate of drug-likeness (QED) is 0.710. The third-order valence-corrected chi connectivity index (χ3v) is 3.85. The van der Waals surface area contributed by atoms with Gasteiger partial charge in [-0.15, -0.1) is 0 Å². The average Bonchev–Trinajstić information content (AvgIpc) is 2.49. The average molecular weight is 280 g/mol. The van der Waals surface area contributed by atoms with Crippen LogP contribution < -0.4 is 0 Å². The molecule has 2 aromatic carbocycles. The summed E-state index contributed by atoms with van der Waals surface area (Å²) in [5.41, 5.74) is 5.13. The van der Waals surface area contributed by atoms with Crippen molar-refractivity contribution < 1.29 is 4.79 Å². The van der Waals surface area contributed by atoms with E-state index in [-0.39, 0.29) is 0 Å². The van der Waals surface area contributed by atoms with E-state index in [1.807, 2.05) is 0 Å². The second kappa shape index (κ2) is 7.78. The lowest BCUT2D eigenvalue weighted by Gasteiger charge is -2.04. The normalized spacial score (nSPS) is 10.6. The Kier molecular flexibility index (Phi) is 5.74. The second-order valence-corrected chi connectivity index (χ2v) is 5.86. The van der Waals surface area contributed by atoms with Crippen LogP contribution in [0.4, 0.5) is 0 Å². The Hall–Kier alpha value is -1.89. The van der Waals surface area contributed by atoms with Crippen LogP contribution in [0.1, 0.15) is 41.5 Å². The molecule has 0 fully saturated rings. The molecule has 0 saturated carbocycles. The lowest BCUT2D eigenvalue weighted by Crippen LogP contribution is -2.01. The van der Waals surface area contributed by atoms with Gasteiger partial charge in [0.1, 0.15) is 5.78 Å². The molecule has 0 N–H and O–H groups in total. The van der Waals surface area contributed by atoms with Gasteiger partial charge in [-0.25, -0.2) is 0 Å². The molecular formula is C20H24O. The Morgan fingerprint density at radius 2 is 1.19 bits per heavy atom. The summed E-state index contributed by atoms with van der Waals surface area (Å²) in [4.78, 5) is 11.9. The highest BCUT2D eigenvalue weighted by molar-refractivity contribution is 5.78. The van der Waals surface area contributed by atoms with Gasteiger partial charge in [0.05, 0.1) is 0 Å². The molecule has 0 aliphatic heterocycles. The largest absolute Gasteiger partial charge is 0.300 e. The van der Waals surface area contributed by atoms with Crippen molar-refractivity contribution in [2.24, 2.45) is 0 Å². The Morgan fingerprint density at radius 1 is 0.714 bits per heavy atom. The molecule has 0 heterocycles. The van der Waals surface area contributed by atoms with Crippen molar-refractivity contribution in [1.82, 2.24) is 0 Å². The molecule has 21 heavy (non-hydrogen) atoms. The van der Waals surface area contributed by atoms with Gasteiger partial charge in [-0.1, -0.05) is 59.7 Å². The summed E-state index contributed by atoms with van der Waals surface area (Å²) in [7, 11) is 0. The fraction of sp³-hybridized carbons (Fsp3) is 0.350. The van der Waals surface area contributed by atoms with Gasteiger partial charge >= 0.3 is 0 Å². The van der Waals surface area contributed by atoms with Crippen molar-refractivity contribution in [2.75, 3.05) is 0 Å². The molecule has 110 valence electrons. The summed E-state index contributed by atoms with van der Waals surface area (Å²) in [5, 5.41) is 0.